The number of β-amino-alcohol motifs (C(OH)–C–C–N with tert-alkyl or cyclic N) is 1. The van der Waals surface area contributed by atoms with E-state index >= 15 is 0 Å². The average molecular weight is 346 g/mol. The zero-order valence-electron chi connectivity index (χ0n) is 13.1. The molecular formula is C17H18N2O4S. The van der Waals surface area contributed by atoms with E-state index in [0.29, 0.717) is 49.1 Å². The van der Waals surface area contributed by atoms with Crippen LogP contribution in [0.15, 0.2) is 29.8 Å². The van der Waals surface area contributed by atoms with Gasteiger partial charge in [-0.3, -0.25) is 9.78 Å². The van der Waals surface area contributed by atoms with Crippen molar-refractivity contribution in [2.45, 2.75) is 12.5 Å². The van der Waals surface area contributed by atoms with Crippen LogP contribution in [-0.2, 0) is 6.42 Å². The maximum Gasteiger partial charge on any atom is 0.268 e. The summed E-state index contributed by atoms with van der Waals surface area (Å²) in [5.41, 5.74) is 0.932. The van der Waals surface area contributed by atoms with Crippen molar-refractivity contribution in [3.8, 4) is 11.5 Å². The van der Waals surface area contributed by atoms with Crippen LogP contribution in [0.4, 0.5) is 0 Å². The molecule has 0 radical (unpaired) electrons. The quantitative estimate of drug-likeness (QED) is 0.914. The molecule has 2 aliphatic rings. The Kier molecular flexibility index (Phi) is 4.12. The van der Waals surface area contributed by atoms with Crippen LogP contribution < -0.4 is 9.47 Å². The highest BCUT2D eigenvalue weighted by molar-refractivity contribution is 7.12. The molecule has 0 bridgehead atoms. The van der Waals surface area contributed by atoms with Crippen LogP contribution in [0, 0.1) is 5.92 Å². The number of aliphatic hydroxyl groups excluding tert-OH is 1. The smallest absolute Gasteiger partial charge is 0.268 e. The lowest BCUT2D eigenvalue weighted by molar-refractivity contribution is 0.0760. The summed E-state index contributed by atoms with van der Waals surface area (Å²) < 4.78 is 11.1. The fourth-order valence-corrected chi connectivity index (χ4v) is 4.06. The molecule has 126 valence electrons. The molecule has 0 spiro atoms. The Bertz CT molecular complexity index is 733. The van der Waals surface area contributed by atoms with E-state index in [9.17, 15) is 9.90 Å². The van der Waals surface area contributed by atoms with Gasteiger partial charge >= 0.3 is 0 Å². The van der Waals surface area contributed by atoms with Crippen molar-refractivity contribution in [2.24, 2.45) is 5.92 Å². The third kappa shape index (κ3) is 2.85. The minimum atomic E-state index is -0.538. The Hall–Kier alpha value is -2.12. The molecule has 0 aliphatic carbocycles. The van der Waals surface area contributed by atoms with E-state index in [1.807, 2.05) is 18.2 Å². The highest BCUT2D eigenvalue weighted by Gasteiger charge is 2.36. The number of pyridine rings is 1. The summed E-state index contributed by atoms with van der Waals surface area (Å²) >= 11 is 1.33. The second kappa shape index (κ2) is 6.41. The third-order valence-electron chi connectivity index (χ3n) is 4.39. The Morgan fingerprint density at radius 3 is 3.04 bits per heavy atom. The maximum atomic E-state index is 12.8. The zero-order chi connectivity index (χ0) is 16.5. The van der Waals surface area contributed by atoms with Crippen molar-refractivity contribution in [1.82, 2.24) is 9.88 Å². The van der Waals surface area contributed by atoms with Gasteiger partial charge in [-0.25, -0.2) is 0 Å². The number of thiophene rings is 1. The maximum absolute atomic E-state index is 12.8. The summed E-state index contributed by atoms with van der Waals surface area (Å²) in [7, 11) is 0. The summed E-state index contributed by atoms with van der Waals surface area (Å²) in [6.45, 7) is 1.81. The first-order valence-electron chi connectivity index (χ1n) is 7.96. The van der Waals surface area contributed by atoms with Gasteiger partial charge in [0, 0.05) is 36.3 Å². The van der Waals surface area contributed by atoms with Crippen LogP contribution in [0.1, 0.15) is 15.4 Å². The van der Waals surface area contributed by atoms with E-state index in [1.54, 1.807) is 16.5 Å². The van der Waals surface area contributed by atoms with Gasteiger partial charge in [0.2, 0.25) is 0 Å². The van der Waals surface area contributed by atoms with E-state index < -0.39 is 6.10 Å². The van der Waals surface area contributed by atoms with Gasteiger partial charge in [-0.1, -0.05) is 6.07 Å². The van der Waals surface area contributed by atoms with Gasteiger partial charge in [0.15, 0.2) is 11.5 Å². The van der Waals surface area contributed by atoms with Gasteiger partial charge in [-0.15, -0.1) is 11.3 Å². The summed E-state index contributed by atoms with van der Waals surface area (Å²) in [4.78, 5) is 19.4. The summed E-state index contributed by atoms with van der Waals surface area (Å²) in [6, 6.07) is 5.74. The number of hydrogen-bond donors (Lipinski definition) is 1. The van der Waals surface area contributed by atoms with Gasteiger partial charge in [-0.05, 0) is 18.6 Å². The highest BCUT2D eigenvalue weighted by atomic mass is 32.1. The van der Waals surface area contributed by atoms with Gasteiger partial charge < -0.3 is 19.5 Å². The molecule has 4 heterocycles. The van der Waals surface area contributed by atoms with E-state index in [4.69, 9.17) is 9.47 Å². The number of carbonyl (C=O) groups is 1. The molecule has 1 saturated heterocycles. The molecule has 1 amide bonds. The van der Waals surface area contributed by atoms with Gasteiger partial charge in [0.05, 0.1) is 6.10 Å². The van der Waals surface area contributed by atoms with Crippen LogP contribution in [-0.4, -0.2) is 53.3 Å². The number of ether oxygens (including phenoxy) is 2. The molecule has 2 aromatic heterocycles. The fourth-order valence-electron chi connectivity index (χ4n) is 3.16. The van der Waals surface area contributed by atoms with E-state index in [2.05, 4.69) is 4.98 Å². The monoisotopic (exact) mass is 346 g/mol. The number of aromatic nitrogens is 1. The predicted octanol–water partition coefficient (Wildman–Crippen LogP) is 1.59. The molecule has 0 aromatic carbocycles. The molecule has 1 fully saturated rings. The number of carbonyl (C=O) groups excluding carboxylic acids is 1. The van der Waals surface area contributed by atoms with Crippen molar-refractivity contribution in [2.75, 3.05) is 26.3 Å². The number of hydrogen-bond acceptors (Lipinski definition) is 6. The molecule has 0 saturated carbocycles. The summed E-state index contributed by atoms with van der Waals surface area (Å²) in [5, 5.41) is 12.1. The molecule has 2 aromatic rings. The normalized spacial score (nSPS) is 22.6. The third-order valence-corrected chi connectivity index (χ3v) is 5.31. The van der Waals surface area contributed by atoms with Gasteiger partial charge in [0.1, 0.15) is 18.1 Å². The average Bonchev–Trinajstić information content (AvgIpc) is 3.19. The molecule has 1 N–H and O–H groups in total. The number of fused-ring (bicyclic) bond motifs is 1. The zero-order valence-corrected chi connectivity index (χ0v) is 13.9. The number of nitrogens with zero attached hydrogens (tertiary/aromatic N) is 2. The topological polar surface area (TPSA) is 71.9 Å². The first-order chi connectivity index (χ1) is 11.7. The molecule has 6 nitrogen and oxygen atoms in total. The fraction of sp³-hybridized carbons (Fsp3) is 0.412. The summed E-state index contributed by atoms with van der Waals surface area (Å²) in [6.07, 6.45) is 1.87. The van der Waals surface area contributed by atoms with Crippen LogP contribution in [0.2, 0.25) is 0 Å². The number of likely N-dealkylation sites (tertiary alicyclic amines) is 1. The lowest BCUT2D eigenvalue weighted by atomic mass is 10.00. The minimum Gasteiger partial charge on any atom is -0.485 e. The standard InChI is InChI=1S/C17H18N2O4S/c20-13-9-19(8-11(13)7-12-3-1-2-4-18-12)17(21)16-15-14(10-24-16)22-5-6-23-15/h1-4,10-11,13,20H,5-9H2/t11-,13-/m1/s1. The lowest BCUT2D eigenvalue weighted by Crippen LogP contribution is -2.29. The van der Waals surface area contributed by atoms with E-state index in [0.717, 1.165) is 5.69 Å². The molecule has 24 heavy (non-hydrogen) atoms. The van der Waals surface area contributed by atoms with Crippen molar-refractivity contribution < 1.29 is 19.4 Å². The first kappa shape index (κ1) is 15.4. The summed E-state index contributed by atoms with van der Waals surface area (Å²) in [5.74, 6) is 1.07. The molecular weight excluding hydrogens is 328 g/mol. The van der Waals surface area contributed by atoms with Gasteiger partial charge in [-0.2, -0.15) is 0 Å². The number of amides is 1. The van der Waals surface area contributed by atoms with Crippen molar-refractivity contribution >= 4 is 17.2 Å². The van der Waals surface area contributed by atoms with Crippen LogP contribution >= 0.6 is 11.3 Å². The Morgan fingerprint density at radius 1 is 1.33 bits per heavy atom. The minimum absolute atomic E-state index is 0.00296. The Balaban J connectivity index is 1.47. The molecule has 4 rings (SSSR count). The molecule has 2 aliphatic heterocycles. The number of rotatable bonds is 3. The molecule has 2 atom stereocenters. The van der Waals surface area contributed by atoms with Crippen molar-refractivity contribution in [1.29, 1.82) is 0 Å². The van der Waals surface area contributed by atoms with Crippen LogP contribution in [0.5, 0.6) is 11.5 Å². The first-order valence-corrected chi connectivity index (χ1v) is 8.84. The SMILES string of the molecule is O=C(c1scc2c1OCCO2)N1C[C@@H](Cc2ccccn2)[C@H](O)C1. The lowest BCUT2D eigenvalue weighted by Gasteiger charge is -2.19. The highest BCUT2D eigenvalue weighted by Crippen LogP contribution is 2.40. The molecule has 0 unspecified atom stereocenters. The largest absolute Gasteiger partial charge is 0.485 e. The second-order valence-corrected chi connectivity index (χ2v) is 6.90. The van der Waals surface area contributed by atoms with E-state index in [-0.39, 0.29) is 11.8 Å². The Labute approximate surface area is 143 Å². The number of aliphatic hydroxyl groups is 1. The van der Waals surface area contributed by atoms with Crippen molar-refractivity contribution in [3.63, 3.8) is 0 Å². The van der Waals surface area contributed by atoms with E-state index in [1.165, 1.54) is 11.3 Å². The second-order valence-electron chi connectivity index (χ2n) is 6.02. The molecule has 7 heteroatoms. The Morgan fingerprint density at radius 2 is 2.21 bits per heavy atom. The van der Waals surface area contributed by atoms with Crippen molar-refractivity contribution in [3.05, 3.63) is 40.3 Å². The van der Waals surface area contributed by atoms with Crippen LogP contribution in [0.3, 0.4) is 0 Å². The van der Waals surface area contributed by atoms with Crippen LogP contribution in [0.25, 0.3) is 0 Å². The van der Waals surface area contributed by atoms with Gasteiger partial charge in [0.25, 0.3) is 5.91 Å². The predicted molar refractivity (Wildman–Crippen MR) is 88.7 cm³/mol.